The van der Waals surface area contributed by atoms with Gasteiger partial charge in [0, 0.05) is 0 Å². The normalized spacial score (nSPS) is 14.3. The topological polar surface area (TPSA) is 72.2 Å². The zero-order valence-corrected chi connectivity index (χ0v) is 12.1. The van der Waals surface area contributed by atoms with Crippen LogP contribution in [0.5, 0.6) is 0 Å². The molecule has 4 nitrogen and oxygen atoms in total. The van der Waals surface area contributed by atoms with E-state index in [4.69, 9.17) is 5.73 Å². The molecule has 0 spiro atoms. The van der Waals surface area contributed by atoms with Gasteiger partial charge in [0.1, 0.15) is 5.54 Å². The van der Waals surface area contributed by atoms with Gasteiger partial charge in [-0.1, -0.05) is 13.8 Å². The average Bonchev–Trinajstić information content (AvgIpc) is 2.62. The number of aryl methyl sites for hydroxylation is 1. The summed E-state index contributed by atoms with van der Waals surface area (Å²) >= 11 is 1.36. The number of nitrogens with two attached hydrogens (primary N) is 1. The highest BCUT2D eigenvalue weighted by atomic mass is 32.1. The highest BCUT2D eigenvalue weighted by Crippen LogP contribution is 2.20. The van der Waals surface area contributed by atoms with Gasteiger partial charge in [0.2, 0.25) is 5.91 Å². The van der Waals surface area contributed by atoms with Gasteiger partial charge in [0.05, 0.1) is 4.88 Å². The molecule has 1 atom stereocenters. The molecule has 1 rings (SSSR count). The molecule has 0 aromatic carbocycles. The largest absolute Gasteiger partial charge is 0.368 e. The molecule has 1 heterocycles. The number of nitrogens with one attached hydrogen (secondary N) is 1. The van der Waals surface area contributed by atoms with Crippen molar-refractivity contribution in [2.45, 2.75) is 39.7 Å². The zero-order chi connectivity index (χ0) is 13.9. The second-order valence-corrected chi connectivity index (χ2v) is 6.10. The number of hydrogen-bond donors (Lipinski definition) is 2. The minimum atomic E-state index is -0.998. The number of amides is 2. The van der Waals surface area contributed by atoms with Crippen LogP contribution in [0.2, 0.25) is 0 Å². The van der Waals surface area contributed by atoms with E-state index in [2.05, 4.69) is 5.32 Å². The molecule has 0 saturated carbocycles. The van der Waals surface area contributed by atoms with Gasteiger partial charge >= 0.3 is 0 Å². The third-order valence-corrected chi connectivity index (χ3v) is 3.83. The molecule has 0 bridgehead atoms. The van der Waals surface area contributed by atoms with Crippen molar-refractivity contribution in [2.24, 2.45) is 11.7 Å². The quantitative estimate of drug-likeness (QED) is 0.858. The van der Waals surface area contributed by atoms with Crippen LogP contribution in [0.25, 0.3) is 0 Å². The highest BCUT2D eigenvalue weighted by Gasteiger charge is 2.34. The smallest absolute Gasteiger partial charge is 0.262 e. The summed E-state index contributed by atoms with van der Waals surface area (Å²) < 4.78 is 0. The Labute approximate surface area is 112 Å². The molecule has 0 unspecified atom stereocenters. The van der Waals surface area contributed by atoms with E-state index in [0.29, 0.717) is 11.3 Å². The van der Waals surface area contributed by atoms with E-state index < -0.39 is 11.4 Å². The first-order valence-corrected chi connectivity index (χ1v) is 6.80. The van der Waals surface area contributed by atoms with Gasteiger partial charge in [-0.3, -0.25) is 9.59 Å². The maximum Gasteiger partial charge on any atom is 0.262 e. The molecule has 2 amide bonds. The van der Waals surface area contributed by atoms with Crippen LogP contribution in [-0.2, 0) is 4.79 Å². The van der Waals surface area contributed by atoms with Gasteiger partial charge < -0.3 is 11.1 Å². The van der Waals surface area contributed by atoms with Crippen molar-refractivity contribution in [3.05, 3.63) is 21.9 Å². The Bertz CT molecular complexity index is 454. The number of primary amides is 1. The van der Waals surface area contributed by atoms with Crippen molar-refractivity contribution < 1.29 is 9.59 Å². The molecule has 0 fully saturated rings. The van der Waals surface area contributed by atoms with Gasteiger partial charge in [-0.05, 0) is 43.2 Å². The first kappa shape index (κ1) is 14.7. The first-order chi connectivity index (χ1) is 8.26. The summed E-state index contributed by atoms with van der Waals surface area (Å²) in [5.41, 5.74) is 5.32. The van der Waals surface area contributed by atoms with Crippen molar-refractivity contribution >= 4 is 23.2 Å². The Balaban J connectivity index is 2.89. The molecule has 1 aromatic rings. The van der Waals surface area contributed by atoms with E-state index in [0.717, 1.165) is 5.56 Å². The maximum atomic E-state index is 12.1. The fraction of sp³-hybridized carbons (Fsp3) is 0.538. The van der Waals surface area contributed by atoms with E-state index in [1.807, 2.05) is 32.2 Å². The molecular weight excluding hydrogens is 248 g/mol. The third-order valence-electron chi connectivity index (χ3n) is 2.82. The van der Waals surface area contributed by atoms with Crippen LogP contribution in [0.15, 0.2) is 11.4 Å². The Morgan fingerprint density at radius 3 is 2.50 bits per heavy atom. The summed E-state index contributed by atoms with van der Waals surface area (Å²) in [5, 5.41) is 4.62. The van der Waals surface area contributed by atoms with Crippen molar-refractivity contribution in [1.82, 2.24) is 5.32 Å². The van der Waals surface area contributed by atoms with Crippen LogP contribution >= 0.6 is 11.3 Å². The molecule has 0 radical (unpaired) electrons. The molecule has 0 aliphatic heterocycles. The number of hydrogen-bond acceptors (Lipinski definition) is 3. The van der Waals surface area contributed by atoms with Gasteiger partial charge in [-0.2, -0.15) is 0 Å². The summed E-state index contributed by atoms with van der Waals surface area (Å²) in [7, 11) is 0. The van der Waals surface area contributed by atoms with Crippen molar-refractivity contribution in [3.63, 3.8) is 0 Å². The fourth-order valence-corrected chi connectivity index (χ4v) is 2.76. The Morgan fingerprint density at radius 2 is 2.11 bits per heavy atom. The molecule has 5 heteroatoms. The van der Waals surface area contributed by atoms with E-state index in [1.165, 1.54) is 11.3 Å². The van der Waals surface area contributed by atoms with Gasteiger partial charge in [0.15, 0.2) is 0 Å². The lowest BCUT2D eigenvalue weighted by atomic mass is 9.90. The highest BCUT2D eigenvalue weighted by molar-refractivity contribution is 7.12. The van der Waals surface area contributed by atoms with Crippen molar-refractivity contribution in [2.75, 3.05) is 0 Å². The lowest BCUT2D eigenvalue weighted by Gasteiger charge is -2.29. The Morgan fingerprint density at radius 1 is 1.50 bits per heavy atom. The van der Waals surface area contributed by atoms with Crippen molar-refractivity contribution in [3.8, 4) is 0 Å². The lowest BCUT2D eigenvalue weighted by molar-refractivity contribution is -0.124. The third kappa shape index (κ3) is 3.32. The van der Waals surface area contributed by atoms with Crippen LogP contribution in [0.1, 0.15) is 42.4 Å². The predicted molar refractivity (Wildman–Crippen MR) is 73.6 cm³/mol. The van der Waals surface area contributed by atoms with Crippen LogP contribution in [0.4, 0.5) is 0 Å². The summed E-state index contributed by atoms with van der Waals surface area (Å²) in [6, 6.07) is 1.88. The van der Waals surface area contributed by atoms with Gasteiger partial charge in [0.25, 0.3) is 5.91 Å². The molecule has 1 aromatic heterocycles. The SMILES string of the molecule is Cc1ccsc1C(=O)N[C@](C)(CC(C)C)C(N)=O. The maximum absolute atomic E-state index is 12.1. The molecule has 3 N–H and O–H groups in total. The van der Waals surface area contributed by atoms with Gasteiger partial charge in [-0.25, -0.2) is 0 Å². The summed E-state index contributed by atoms with van der Waals surface area (Å²) in [6.45, 7) is 7.53. The first-order valence-electron chi connectivity index (χ1n) is 5.93. The number of carbonyl (C=O) groups excluding carboxylic acids is 2. The van der Waals surface area contributed by atoms with Crippen LogP contribution < -0.4 is 11.1 Å². The fourth-order valence-electron chi connectivity index (χ4n) is 1.94. The standard InChI is InChI=1S/C13H20N2O2S/c1-8(2)7-13(4,12(14)17)15-11(16)10-9(3)5-6-18-10/h5-6,8H,7H2,1-4H3,(H2,14,17)(H,15,16)/t13-/m1/s1. The monoisotopic (exact) mass is 268 g/mol. The zero-order valence-electron chi connectivity index (χ0n) is 11.2. The summed E-state index contributed by atoms with van der Waals surface area (Å²) in [4.78, 5) is 24.3. The van der Waals surface area contributed by atoms with E-state index >= 15 is 0 Å². The number of rotatable bonds is 5. The van der Waals surface area contributed by atoms with Crippen LogP contribution in [0, 0.1) is 12.8 Å². The molecule has 0 saturated heterocycles. The van der Waals surface area contributed by atoms with Crippen molar-refractivity contribution in [1.29, 1.82) is 0 Å². The second kappa shape index (κ2) is 5.52. The van der Waals surface area contributed by atoms with E-state index in [1.54, 1.807) is 6.92 Å². The lowest BCUT2D eigenvalue weighted by Crippen LogP contribution is -2.56. The molecule has 0 aliphatic rings. The minimum Gasteiger partial charge on any atom is -0.368 e. The van der Waals surface area contributed by atoms with Gasteiger partial charge in [-0.15, -0.1) is 11.3 Å². The second-order valence-electron chi connectivity index (χ2n) is 5.18. The predicted octanol–water partition coefficient (Wildman–Crippen LogP) is 2.08. The number of thiophene rings is 1. The molecule has 0 aliphatic carbocycles. The Kier molecular flexibility index (Phi) is 4.51. The van der Waals surface area contributed by atoms with E-state index in [-0.39, 0.29) is 11.8 Å². The minimum absolute atomic E-state index is 0.232. The average molecular weight is 268 g/mol. The number of carbonyl (C=O) groups is 2. The van der Waals surface area contributed by atoms with E-state index in [9.17, 15) is 9.59 Å². The summed E-state index contributed by atoms with van der Waals surface area (Å²) in [6.07, 6.45) is 0.526. The molecular formula is C13H20N2O2S. The summed E-state index contributed by atoms with van der Waals surface area (Å²) in [5.74, 6) is -0.463. The molecule has 18 heavy (non-hydrogen) atoms. The van der Waals surface area contributed by atoms with Crippen LogP contribution in [-0.4, -0.2) is 17.4 Å². The van der Waals surface area contributed by atoms with Crippen LogP contribution in [0.3, 0.4) is 0 Å². The Hall–Kier alpha value is -1.36. The molecule has 100 valence electrons.